The zero-order valence-corrected chi connectivity index (χ0v) is 15.3. The van der Waals surface area contributed by atoms with Crippen molar-refractivity contribution in [3.63, 3.8) is 0 Å². The highest BCUT2D eigenvalue weighted by molar-refractivity contribution is 6.32. The van der Waals surface area contributed by atoms with Gasteiger partial charge in [-0.3, -0.25) is 4.79 Å². The van der Waals surface area contributed by atoms with Crippen LogP contribution in [0, 0.1) is 0 Å². The van der Waals surface area contributed by atoms with E-state index in [1.807, 2.05) is 0 Å². The van der Waals surface area contributed by atoms with Crippen LogP contribution in [0.2, 0.25) is 5.02 Å². The molecule has 1 aliphatic rings. The lowest BCUT2D eigenvalue weighted by Crippen LogP contribution is -2.27. The summed E-state index contributed by atoms with van der Waals surface area (Å²) in [7, 11) is 1.67. The number of hydrogen-bond donors (Lipinski definition) is 0. The first-order valence-corrected chi connectivity index (χ1v) is 8.66. The summed E-state index contributed by atoms with van der Waals surface area (Å²) in [5.41, 5.74) is 1.52. The standard InChI is InChI=1S/C19H18ClF2NO4/c1-23(11-12-2-4-14(5-3-12)27-19(21)22)17(24)10-13-8-15(20)18-16(9-13)25-6-7-26-18/h2-5,8-9,19H,6-7,10-11H2,1H3. The molecule has 8 heteroatoms. The molecule has 1 aliphatic heterocycles. The van der Waals surface area contributed by atoms with Crippen LogP contribution < -0.4 is 14.2 Å². The second-order valence-corrected chi connectivity index (χ2v) is 6.46. The van der Waals surface area contributed by atoms with Gasteiger partial charge in [0, 0.05) is 13.6 Å². The molecule has 0 spiro atoms. The zero-order valence-electron chi connectivity index (χ0n) is 14.6. The fraction of sp³-hybridized carbons (Fsp3) is 0.316. The smallest absolute Gasteiger partial charge is 0.387 e. The summed E-state index contributed by atoms with van der Waals surface area (Å²) in [4.78, 5) is 14.0. The Bertz CT molecular complexity index is 814. The van der Waals surface area contributed by atoms with Crippen LogP contribution in [-0.2, 0) is 17.8 Å². The van der Waals surface area contributed by atoms with E-state index in [0.717, 1.165) is 11.1 Å². The third-order valence-electron chi connectivity index (χ3n) is 4.01. The lowest BCUT2D eigenvalue weighted by Gasteiger charge is -2.21. The molecule has 0 saturated carbocycles. The van der Waals surface area contributed by atoms with Crippen LogP contribution in [0.5, 0.6) is 17.2 Å². The van der Waals surface area contributed by atoms with Crippen molar-refractivity contribution in [3.8, 4) is 17.2 Å². The van der Waals surface area contributed by atoms with E-state index in [9.17, 15) is 13.6 Å². The summed E-state index contributed by atoms with van der Waals surface area (Å²) in [5, 5.41) is 0.410. The van der Waals surface area contributed by atoms with E-state index in [0.29, 0.717) is 36.3 Å². The van der Waals surface area contributed by atoms with Crippen LogP contribution in [0.25, 0.3) is 0 Å². The maximum absolute atomic E-state index is 12.5. The van der Waals surface area contributed by atoms with Gasteiger partial charge >= 0.3 is 6.61 Å². The second-order valence-electron chi connectivity index (χ2n) is 6.05. The van der Waals surface area contributed by atoms with Gasteiger partial charge in [-0.1, -0.05) is 23.7 Å². The fourth-order valence-corrected chi connectivity index (χ4v) is 3.00. The second kappa shape index (κ2) is 8.43. The van der Waals surface area contributed by atoms with Crippen molar-refractivity contribution in [3.05, 3.63) is 52.5 Å². The first-order chi connectivity index (χ1) is 12.9. The number of benzene rings is 2. The molecule has 0 N–H and O–H groups in total. The highest BCUT2D eigenvalue weighted by Crippen LogP contribution is 2.38. The average Bonchev–Trinajstić information content (AvgIpc) is 2.63. The number of hydrogen-bond acceptors (Lipinski definition) is 4. The van der Waals surface area contributed by atoms with Crippen molar-refractivity contribution in [1.82, 2.24) is 4.90 Å². The fourth-order valence-electron chi connectivity index (χ4n) is 2.71. The molecular formula is C19H18ClF2NO4. The van der Waals surface area contributed by atoms with Crippen molar-refractivity contribution >= 4 is 17.5 Å². The highest BCUT2D eigenvalue weighted by atomic mass is 35.5. The number of nitrogens with zero attached hydrogens (tertiary/aromatic N) is 1. The molecule has 0 radical (unpaired) electrons. The van der Waals surface area contributed by atoms with Crippen molar-refractivity contribution in [2.75, 3.05) is 20.3 Å². The molecule has 2 aromatic rings. The van der Waals surface area contributed by atoms with E-state index >= 15 is 0 Å². The number of alkyl halides is 2. The van der Waals surface area contributed by atoms with Crippen molar-refractivity contribution in [2.24, 2.45) is 0 Å². The molecule has 0 aromatic heterocycles. The van der Waals surface area contributed by atoms with Gasteiger partial charge in [-0.25, -0.2) is 0 Å². The largest absolute Gasteiger partial charge is 0.486 e. The molecule has 3 rings (SSSR count). The molecule has 0 fully saturated rings. The number of halogens is 3. The minimum Gasteiger partial charge on any atom is -0.486 e. The molecule has 144 valence electrons. The molecule has 2 aromatic carbocycles. The van der Waals surface area contributed by atoms with E-state index in [2.05, 4.69) is 4.74 Å². The lowest BCUT2D eigenvalue weighted by atomic mass is 10.1. The Morgan fingerprint density at radius 2 is 1.89 bits per heavy atom. The Labute approximate surface area is 160 Å². The summed E-state index contributed by atoms with van der Waals surface area (Å²) in [6.45, 7) is -1.65. The van der Waals surface area contributed by atoms with Crippen LogP contribution in [0.1, 0.15) is 11.1 Å². The molecule has 5 nitrogen and oxygen atoms in total. The number of carbonyl (C=O) groups is 1. The number of amides is 1. The Morgan fingerprint density at radius 3 is 2.59 bits per heavy atom. The van der Waals surface area contributed by atoms with E-state index in [1.54, 1.807) is 36.2 Å². The molecule has 0 unspecified atom stereocenters. The van der Waals surface area contributed by atoms with E-state index < -0.39 is 6.61 Å². The predicted molar refractivity (Wildman–Crippen MR) is 95.7 cm³/mol. The van der Waals surface area contributed by atoms with Crippen LogP contribution >= 0.6 is 11.6 Å². The first-order valence-electron chi connectivity index (χ1n) is 8.28. The van der Waals surface area contributed by atoms with Gasteiger partial charge in [0.1, 0.15) is 19.0 Å². The van der Waals surface area contributed by atoms with Gasteiger partial charge in [0.2, 0.25) is 5.91 Å². The van der Waals surface area contributed by atoms with Crippen LogP contribution in [0.3, 0.4) is 0 Å². The number of likely N-dealkylation sites (N-methyl/N-ethyl adjacent to an activating group) is 1. The zero-order chi connectivity index (χ0) is 19.4. The van der Waals surface area contributed by atoms with Gasteiger partial charge in [-0.2, -0.15) is 8.78 Å². The quantitative estimate of drug-likeness (QED) is 0.741. The van der Waals surface area contributed by atoms with E-state index in [1.165, 1.54) is 12.1 Å². The average molecular weight is 398 g/mol. The molecule has 0 aliphatic carbocycles. The van der Waals surface area contributed by atoms with Crippen LogP contribution in [0.4, 0.5) is 8.78 Å². The van der Waals surface area contributed by atoms with Gasteiger partial charge in [0.15, 0.2) is 11.5 Å². The summed E-state index contributed by atoms with van der Waals surface area (Å²) in [6, 6.07) is 9.62. The van der Waals surface area contributed by atoms with Crippen molar-refractivity contribution in [2.45, 2.75) is 19.6 Å². The highest BCUT2D eigenvalue weighted by Gasteiger charge is 2.19. The monoisotopic (exact) mass is 397 g/mol. The molecular weight excluding hydrogens is 380 g/mol. The normalized spacial score (nSPS) is 12.8. The molecule has 1 heterocycles. The van der Waals surface area contributed by atoms with Gasteiger partial charge < -0.3 is 19.1 Å². The van der Waals surface area contributed by atoms with Gasteiger partial charge in [0.25, 0.3) is 0 Å². The maximum atomic E-state index is 12.5. The third kappa shape index (κ3) is 5.01. The third-order valence-corrected chi connectivity index (χ3v) is 4.29. The van der Waals surface area contributed by atoms with Gasteiger partial charge in [-0.15, -0.1) is 0 Å². The van der Waals surface area contributed by atoms with Crippen molar-refractivity contribution in [1.29, 1.82) is 0 Å². The Kier molecular flexibility index (Phi) is 6.01. The van der Waals surface area contributed by atoms with E-state index in [4.69, 9.17) is 21.1 Å². The predicted octanol–water partition coefficient (Wildman–Crippen LogP) is 3.91. The Hall–Kier alpha value is -2.54. The molecule has 0 saturated heterocycles. The number of ether oxygens (including phenoxy) is 3. The van der Waals surface area contributed by atoms with Crippen LogP contribution in [-0.4, -0.2) is 37.7 Å². The van der Waals surface area contributed by atoms with Gasteiger partial charge in [0.05, 0.1) is 11.4 Å². The molecule has 0 atom stereocenters. The van der Waals surface area contributed by atoms with Crippen LogP contribution in [0.15, 0.2) is 36.4 Å². The summed E-state index contributed by atoms with van der Waals surface area (Å²) in [5.74, 6) is 0.997. The Balaban J connectivity index is 1.61. The lowest BCUT2D eigenvalue weighted by molar-refractivity contribution is -0.129. The topological polar surface area (TPSA) is 48.0 Å². The maximum Gasteiger partial charge on any atom is 0.387 e. The minimum absolute atomic E-state index is 0.0775. The number of rotatable bonds is 6. The molecule has 0 bridgehead atoms. The van der Waals surface area contributed by atoms with E-state index in [-0.39, 0.29) is 18.1 Å². The number of fused-ring (bicyclic) bond motifs is 1. The summed E-state index contributed by atoms with van der Waals surface area (Å²) < 4.78 is 39.6. The molecule has 27 heavy (non-hydrogen) atoms. The number of carbonyl (C=O) groups excluding carboxylic acids is 1. The summed E-state index contributed by atoms with van der Waals surface area (Å²) >= 11 is 6.20. The summed E-state index contributed by atoms with van der Waals surface area (Å²) in [6.07, 6.45) is 0.152. The minimum atomic E-state index is -2.86. The molecule has 1 amide bonds. The SMILES string of the molecule is CN(Cc1ccc(OC(F)F)cc1)C(=O)Cc1cc(Cl)c2c(c1)OCCO2. The first kappa shape index (κ1) is 19.2. The van der Waals surface area contributed by atoms with Crippen molar-refractivity contribution < 1.29 is 27.8 Å². The Morgan fingerprint density at radius 1 is 1.19 bits per heavy atom. The van der Waals surface area contributed by atoms with Gasteiger partial charge in [-0.05, 0) is 35.4 Å².